The van der Waals surface area contributed by atoms with E-state index < -0.39 is 10.2 Å². The lowest BCUT2D eigenvalue weighted by molar-refractivity contribution is 0.171. The first-order valence-corrected chi connectivity index (χ1v) is 11.0. The fourth-order valence-electron chi connectivity index (χ4n) is 3.70. The first-order valence-electron chi connectivity index (χ1n) is 9.64. The van der Waals surface area contributed by atoms with Crippen molar-refractivity contribution in [2.75, 3.05) is 33.4 Å². The van der Waals surface area contributed by atoms with E-state index in [2.05, 4.69) is 6.92 Å². The normalized spacial score (nSPS) is 17.0. The molecule has 0 atom stereocenters. The molecule has 0 unspecified atom stereocenters. The van der Waals surface area contributed by atoms with Gasteiger partial charge in [0.2, 0.25) is 0 Å². The van der Waals surface area contributed by atoms with Gasteiger partial charge in [0.25, 0.3) is 10.2 Å². The number of methoxy groups -OCH3 is 1. The topological polar surface area (TPSA) is 76.8 Å². The summed E-state index contributed by atoms with van der Waals surface area (Å²) in [5.41, 5.74) is 2.37. The molecule has 1 aromatic carbocycles. The lowest BCUT2D eigenvalue weighted by Crippen LogP contribution is -2.47. The molecule has 0 bridgehead atoms. The number of imidazole rings is 1. The zero-order chi connectivity index (χ0) is 20.5. The Kier molecular flexibility index (Phi) is 6.28. The minimum Gasteiger partial charge on any atom is -0.383 e. The second-order valence-corrected chi connectivity index (χ2v) is 9.57. The molecule has 8 nitrogen and oxygen atoms in total. The van der Waals surface area contributed by atoms with E-state index >= 15 is 0 Å². The van der Waals surface area contributed by atoms with E-state index in [1.807, 2.05) is 18.2 Å². The zero-order valence-corrected chi connectivity index (χ0v) is 17.9. The summed E-state index contributed by atoms with van der Waals surface area (Å²) in [6.07, 6.45) is 1.77. The number of fused-ring (bicyclic) bond motifs is 1. The molecule has 1 fully saturated rings. The van der Waals surface area contributed by atoms with Crippen LogP contribution in [-0.2, 0) is 35.6 Å². The van der Waals surface area contributed by atoms with Gasteiger partial charge in [0.1, 0.15) is 0 Å². The van der Waals surface area contributed by atoms with E-state index in [4.69, 9.17) is 4.74 Å². The summed E-state index contributed by atoms with van der Waals surface area (Å²) in [6.45, 7) is 4.13. The van der Waals surface area contributed by atoms with E-state index in [1.165, 1.54) is 4.31 Å². The molecule has 1 saturated heterocycles. The van der Waals surface area contributed by atoms with Gasteiger partial charge in [0, 0.05) is 47.4 Å². The molecule has 2 aromatic rings. The third-order valence-corrected chi connectivity index (χ3v) is 7.62. The fourth-order valence-corrected chi connectivity index (χ4v) is 5.32. The summed E-state index contributed by atoms with van der Waals surface area (Å²) >= 11 is 0. The number of rotatable bonds is 7. The van der Waals surface area contributed by atoms with Crippen LogP contribution in [0.15, 0.2) is 23.0 Å². The Hall–Kier alpha value is -1.68. The lowest BCUT2D eigenvalue weighted by Gasteiger charge is -2.34. The molecule has 0 amide bonds. The van der Waals surface area contributed by atoms with Crippen molar-refractivity contribution in [3.05, 3.63) is 34.2 Å². The van der Waals surface area contributed by atoms with Crippen LogP contribution in [0.4, 0.5) is 0 Å². The maximum Gasteiger partial charge on any atom is 0.328 e. The minimum atomic E-state index is -3.57. The van der Waals surface area contributed by atoms with Gasteiger partial charge >= 0.3 is 5.69 Å². The number of ether oxygens (including phenoxy) is 1. The van der Waals surface area contributed by atoms with E-state index in [1.54, 1.807) is 34.6 Å². The average Bonchev–Trinajstić information content (AvgIpc) is 2.89. The Balaban J connectivity index is 1.89. The number of benzene rings is 1. The van der Waals surface area contributed by atoms with Crippen LogP contribution in [-0.4, -0.2) is 59.5 Å². The van der Waals surface area contributed by atoms with Crippen LogP contribution in [0.25, 0.3) is 11.0 Å². The van der Waals surface area contributed by atoms with Crippen molar-refractivity contribution in [1.29, 1.82) is 0 Å². The highest BCUT2D eigenvalue weighted by atomic mass is 32.2. The molecule has 0 N–H and O–H groups in total. The van der Waals surface area contributed by atoms with Gasteiger partial charge in [0.15, 0.2) is 0 Å². The number of hydrogen-bond acceptors (Lipinski definition) is 4. The smallest absolute Gasteiger partial charge is 0.328 e. The highest BCUT2D eigenvalue weighted by Crippen LogP contribution is 2.23. The second-order valence-electron chi connectivity index (χ2n) is 7.64. The highest BCUT2D eigenvalue weighted by molar-refractivity contribution is 7.86. The average molecular weight is 411 g/mol. The zero-order valence-electron chi connectivity index (χ0n) is 17.1. The molecule has 28 heavy (non-hydrogen) atoms. The van der Waals surface area contributed by atoms with Crippen LogP contribution in [0.3, 0.4) is 0 Å². The summed E-state index contributed by atoms with van der Waals surface area (Å²) < 4.78 is 37.8. The lowest BCUT2D eigenvalue weighted by atomic mass is 10.0. The molecule has 1 aliphatic rings. The molecule has 3 rings (SSSR count). The van der Waals surface area contributed by atoms with Crippen molar-refractivity contribution in [2.45, 2.75) is 26.3 Å². The summed E-state index contributed by atoms with van der Waals surface area (Å²) in [5.74, 6) is 0.556. The maximum atomic E-state index is 13.2. The van der Waals surface area contributed by atoms with Gasteiger partial charge in [-0.2, -0.15) is 17.0 Å². The fraction of sp³-hybridized carbons (Fsp3) is 0.632. The molecule has 2 heterocycles. The van der Waals surface area contributed by atoms with Gasteiger partial charge in [-0.25, -0.2) is 4.79 Å². The molecule has 9 heteroatoms. The quantitative estimate of drug-likeness (QED) is 0.690. The summed E-state index contributed by atoms with van der Waals surface area (Å²) in [7, 11) is 1.46. The second kappa shape index (κ2) is 8.36. The number of aromatic nitrogens is 2. The van der Waals surface area contributed by atoms with Crippen LogP contribution < -0.4 is 5.69 Å². The summed E-state index contributed by atoms with van der Waals surface area (Å²) in [6, 6.07) is 5.65. The van der Waals surface area contributed by atoms with Crippen molar-refractivity contribution in [3.8, 4) is 0 Å². The van der Waals surface area contributed by atoms with Gasteiger partial charge in [0.05, 0.1) is 17.6 Å². The predicted octanol–water partition coefficient (Wildman–Crippen LogP) is 1.30. The molecular formula is C19H30N4O4S. The predicted molar refractivity (Wildman–Crippen MR) is 109 cm³/mol. The van der Waals surface area contributed by atoms with Gasteiger partial charge < -0.3 is 4.74 Å². The SMILES string of the molecule is COCCN(Cc1ccc2c(c1)n(C)c(=O)n2C)S(=O)(=O)N1CCC(C)CC1. The number of piperidine rings is 1. The molecule has 0 spiro atoms. The van der Waals surface area contributed by atoms with E-state index in [9.17, 15) is 13.2 Å². The van der Waals surface area contributed by atoms with Crippen LogP contribution in [0.1, 0.15) is 25.3 Å². The molecule has 0 saturated carbocycles. The first kappa shape index (κ1) is 21.0. The van der Waals surface area contributed by atoms with Crippen molar-refractivity contribution in [1.82, 2.24) is 17.7 Å². The Morgan fingerprint density at radius 3 is 2.43 bits per heavy atom. The van der Waals surface area contributed by atoms with E-state index in [-0.39, 0.29) is 18.8 Å². The molecule has 0 aliphatic carbocycles. The van der Waals surface area contributed by atoms with Crippen molar-refractivity contribution >= 4 is 21.2 Å². The van der Waals surface area contributed by atoms with Crippen LogP contribution in [0, 0.1) is 5.92 Å². The first-order chi connectivity index (χ1) is 13.3. The standard InChI is InChI=1S/C19H30N4O4S/c1-15-7-9-22(10-8-15)28(25,26)23(11-12-27-4)14-16-5-6-17-18(13-16)21(3)19(24)20(17)2/h5-6,13,15H,7-12,14H2,1-4H3. The van der Waals surface area contributed by atoms with Crippen molar-refractivity contribution in [2.24, 2.45) is 20.0 Å². The van der Waals surface area contributed by atoms with Crippen LogP contribution in [0.2, 0.25) is 0 Å². The van der Waals surface area contributed by atoms with Gasteiger partial charge in [-0.3, -0.25) is 9.13 Å². The molecule has 1 aromatic heterocycles. The molecule has 0 radical (unpaired) electrons. The summed E-state index contributed by atoms with van der Waals surface area (Å²) in [4.78, 5) is 12.2. The van der Waals surface area contributed by atoms with E-state index in [0.717, 1.165) is 29.4 Å². The van der Waals surface area contributed by atoms with Gasteiger partial charge in [-0.15, -0.1) is 0 Å². The minimum absolute atomic E-state index is 0.0987. The molecule has 156 valence electrons. The van der Waals surface area contributed by atoms with Crippen molar-refractivity contribution < 1.29 is 13.2 Å². The van der Waals surface area contributed by atoms with Crippen molar-refractivity contribution in [3.63, 3.8) is 0 Å². The summed E-state index contributed by atoms with van der Waals surface area (Å²) in [5, 5.41) is 0. The molecule has 1 aliphatic heterocycles. The Bertz CT molecular complexity index is 987. The van der Waals surface area contributed by atoms with Crippen LogP contribution in [0.5, 0.6) is 0 Å². The number of aryl methyl sites for hydroxylation is 2. The third-order valence-electron chi connectivity index (χ3n) is 5.64. The third kappa shape index (κ3) is 4.03. The van der Waals surface area contributed by atoms with E-state index in [0.29, 0.717) is 25.6 Å². The van der Waals surface area contributed by atoms with Crippen LogP contribution >= 0.6 is 0 Å². The Morgan fingerprint density at radius 2 is 1.79 bits per heavy atom. The monoisotopic (exact) mass is 410 g/mol. The number of hydrogen-bond donors (Lipinski definition) is 0. The Labute approximate surface area is 166 Å². The highest BCUT2D eigenvalue weighted by Gasteiger charge is 2.32. The van der Waals surface area contributed by atoms with Gasteiger partial charge in [-0.05, 0) is 36.5 Å². The Morgan fingerprint density at radius 1 is 1.14 bits per heavy atom. The van der Waals surface area contributed by atoms with Gasteiger partial charge in [-0.1, -0.05) is 13.0 Å². The molecular weight excluding hydrogens is 380 g/mol. The number of nitrogens with zero attached hydrogens (tertiary/aromatic N) is 4. The maximum absolute atomic E-state index is 13.2. The largest absolute Gasteiger partial charge is 0.383 e.